The third-order valence-corrected chi connectivity index (χ3v) is 3.33. The molecule has 0 spiro atoms. The maximum atomic E-state index is 12.1. The second-order valence-electron chi connectivity index (χ2n) is 4.87. The number of hydrogen-bond acceptors (Lipinski definition) is 3. The molecule has 0 saturated carbocycles. The minimum Gasteiger partial charge on any atom is -0.396 e. The van der Waals surface area contributed by atoms with Gasteiger partial charge < -0.3 is 16.2 Å². The quantitative estimate of drug-likeness (QED) is 0.758. The monoisotopic (exact) mass is 284 g/mol. The zero-order valence-electron chi connectivity index (χ0n) is 11.9. The first-order valence-corrected chi connectivity index (χ1v) is 6.99. The van der Waals surface area contributed by atoms with Gasteiger partial charge in [0.15, 0.2) is 0 Å². The number of aliphatic hydroxyl groups excluding tert-OH is 1. The highest BCUT2D eigenvalue weighted by molar-refractivity contribution is 5.92. The number of carbonyl (C=O) groups excluding carboxylic acids is 1. The first-order chi connectivity index (χ1) is 10.2. The SMILES string of the molecule is NCc1ccccc1CC(=O)Nc1ccc(CCO)cc1. The molecule has 4 N–H and O–H groups in total. The van der Waals surface area contributed by atoms with Gasteiger partial charge in [-0.3, -0.25) is 4.79 Å². The largest absolute Gasteiger partial charge is 0.396 e. The van der Waals surface area contributed by atoms with Crippen molar-refractivity contribution in [1.29, 1.82) is 0 Å². The van der Waals surface area contributed by atoms with Gasteiger partial charge in [-0.15, -0.1) is 0 Å². The van der Waals surface area contributed by atoms with Gasteiger partial charge in [-0.25, -0.2) is 0 Å². The molecule has 0 radical (unpaired) electrons. The van der Waals surface area contributed by atoms with Crippen molar-refractivity contribution in [3.05, 3.63) is 65.2 Å². The van der Waals surface area contributed by atoms with Crippen LogP contribution in [0, 0.1) is 0 Å². The van der Waals surface area contributed by atoms with Crippen LogP contribution >= 0.6 is 0 Å². The minimum atomic E-state index is -0.0641. The average Bonchev–Trinajstić information content (AvgIpc) is 2.50. The Kier molecular flexibility index (Phi) is 5.49. The number of carbonyl (C=O) groups is 1. The van der Waals surface area contributed by atoms with Gasteiger partial charge in [-0.2, -0.15) is 0 Å². The van der Waals surface area contributed by atoms with Gasteiger partial charge in [0.05, 0.1) is 6.42 Å². The van der Waals surface area contributed by atoms with Gasteiger partial charge in [0.25, 0.3) is 0 Å². The van der Waals surface area contributed by atoms with Crippen molar-refractivity contribution >= 4 is 11.6 Å². The summed E-state index contributed by atoms with van der Waals surface area (Å²) in [6, 6.07) is 15.2. The maximum Gasteiger partial charge on any atom is 0.228 e. The van der Waals surface area contributed by atoms with Crippen molar-refractivity contribution < 1.29 is 9.90 Å². The highest BCUT2D eigenvalue weighted by atomic mass is 16.2. The first kappa shape index (κ1) is 15.2. The van der Waals surface area contributed by atoms with Gasteiger partial charge in [-0.1, -0.05) is 36.4 Å². The lowest BCUT2D eigenvalue weighted by Crippen LogP contribution is -2.16. The van der Waals surface area contributed by atoms with Crippen LogP contribution < -0.4 is 11.1 Å². The van der Waals surface area contributed by atoms with E-state index in [2.05, 4.69) is 5.32 Å². The van der Waals surface area contributed by atoms with E-state index >= 15 is 0 Å². The van der Waals surface area contributed by atoms with E-state index in [9.17, 15) is 4.79 Å². The van der Waals surface area contributed by atoms with Crippen LogP contribution in [0.15, 0.2) is 48.5 Å². The molecule has 2 rings (SSSR count). The molecular weight excluding hydrogens is 264 g/mol. The third-order valence-electron chi connectivity index (χ3n) is 3.33. The van der Waals surface area contributed by atoms with Gasteiger partial charge in [0.2, 0.25) is 5.91 Å². The van der Waals surface area contributed by atoms with E-state index < -0.39 is 0 Å². The van der Waals surface area contributed by atoms with Crippen molar-refractivity contribution in [2.24, 2.45) is 5.73 Å². The normalized spacial score (nSPS) is 10.4. The van der Waals surface area contributed by atoms with Gasteiger partial charge >= 0.3 is 0 Å². The van der Waals surface area contributed by atoms with E-state index in [1.54, 1.807) is 0 Å². The number of anilines is 1. The van der Waals surface area contributed by atoms with Gasteiger partial charge in [-0.05, 0) is 35.2 Å². The Morgan fingerprint density at radius 2 is 1.71 bits per heavy atom. The van der Waals surface area contributed by atoms with Crippen LogP contribution in [0.4, 0.5) is 5.69 Å². The third kappa shape index (κ3) is 4.41. The second kappa shape index (κ2) is 7.57. The van der Waals surface area contributed by atoms with E-state index in [0.29, 0.717) is 19.4 Å². The molecule has 0 aromatic heterocycles. The average molecular weight is 284 g/mol. The summed E-state index contributed by atoms with van der Waals surface area (Å²) in [5, 5.41) is 11.7. The lowest BCUT2D eigenvalue weighted by Gasteiger charge is -2.09. The number of nitrogens with one attached hydrogen (secondary N) is 1. The molecule has 21 heavy (non-hydrogen) atoms. The van der Waals surface area contributed by atoms with Crippen LogP contribution in [0.5, 0.6) is 0 Å². The fourth-order valence-electron chi connectivity index (χ4n) is 2.19. The van der Waals surface area contributed by atoms with E-state index in [0.717, 1.165) is 22.4 Å². The summed E-state index contributed by atoms with van der Waals surface area (Å²) in [5.74, 6) is -0.0641. The molecule has 0 aliphatic heterocycles. The number of nitrogens with two attached hydrogens (primary N) is 1. The summed E-state index contributed by atoms with van der Waals surface area (Å²) in [4.78, 5) is 12.1. The number of benzene rings is 2. The first-order valence-electron chi connectivity index (χ1n) is 6.99. The Morgan fingerprint density at radius 3 is 2.33 bits per heavy atom. The molecule has 0 saturated heterocycles. The van der Waals surface area contributed by atoms with E-state index in [4.69, 9.17) is 10.8 Å². The molecule has 110 valence electrons. The molecule has 2 aromatic rings. The summed E-state index contributed by atoms with van der Waals surface area (Å²) >= 11 is 0. The number of aliphatic hydroxyl groups is 1. The zero-order valence-corrected chi connectivity index (χ0v) is 11.9. The molecule has 0 unspecified atom stereocenters. The summed E-state index contributed by atoms with van der Waals surface area (Å²) < 4.78 is 0. The Balaban J connectivity index is 1.98. The van der Waals surface area contributed by atoms with Gasteiger partial charge in [0.1, 0.15) is 0 Å². The summed E-state index contributed by atoms with van der Waals surface area (Å²) in [6.45, 7) is 0.556. The molecule has 0 bridgehead atoms. The fourth-order valence-corrected chi connectivity index (χ4v) is 2.19. The molecule has 0 fully saturated rings. The molecule has 0 aliphatic carbocycles. The molecule has 0 atom stereocenters. The summed E-state index contributed by atoms with van der Waals surface area (Å²) in [6.07, 6.45) is 0.934. The number of hydrogen-bond donors (Lipinski definition) is 3. The van der Waals surface area contributed by atoms with Crippen molar-refractivity contribution in [1.82, 2.24) is 0 Å². The van der Waals surface area contributed by atoms with Crippen LogP contribution in [0.2, 0.25) is 0 Å². The standard InChI is InChI=1S/C17H20N2O2/c18-12-15-4-2-1-3-14(15)11-17(21)19-16-7-5-13(6-8-16)9-10-20/h1-8,20H,9-12,18H2,(H,19,21). The highest BCUT2D eigenvalue weighted by Gasteiger charge is 2.07. The summed E-state index contributed by atoms with van der Waals surface area (Å²) in [5.41, 5.74) is 9.42. The lowest BCUT2D eigenvalue weighted by atomic mass is 10.0. The molecule has 0 heterocycles. The van der Waals surface area contributed by atoms with Crippen LogP contribution in [0.1, 0.15) is 16.7 Å². The molecule has 4 heteroatoms. The van der Waals surface area contributed by atoms with Crippen LogP contribution in [0.25, 0.3) is 0 Å². The van der Waals surface area contributed by atoms with Crippen molar-refractivity contribution in [2.45, 2.75) is 19.4 Å². The van der Waals surface area contributed by atoms with E-state index in [1.165, 1.54) is 0 Å². The smallest absolute Gasteiger partial charge is 0.228 e. The molecule has 0 aliphatic rings. The van der Waals surface area contributed by atoms with E-state index in [-0.39, 0.29) is 12.5 Å². The summed E-state index contributed by atoms with van der Waals surface area (Å²) in [7, 11) is 0. The predicted molar refractivity (Wildman–Crippen MR) is 83.9 cm³/mol. The molecular formula is C17H20N2O2. The Morgan fingerprint density at radius 1 is 1.05 bits per heavy atom. The fraction of sp³-hybridized carbons (Fsp3) is 0.235. The second-order valence-corrected chi connectivity index (χ2v) is 4.87. The Labute approximate surface area is 124 Å². The van der Waals surface area contributed by atoms with Gasteiger partial charge in [0, 0.05) is 18.8 Å². The predicted octanol–water partition coefficient (Wildman–Crippen LogP) is 1.86. The maximum absolute atomic E-state index is 12.1. The molecule has 2 aromatic carbocycles. The lowest BCUT2D eigenvalue weighted by molar-refractivity contribution is -0.115. The van der Waals surface area contributed by atoms with Crippen LogP contribution in [-0.2, 0) is 24.2 Å². The van der Waals surface area contributed by atoms with Crippen molar-refractivity contribution in [3.8, 4) is 0 Å². The highest BCUT2D eigenvalue weighted by Crippen LogP contribution is 2.13. The zero-order chi connectivity index (χ0) is 15.1. The Hall–Kier alpha value is -2.17. The van der Waals surface area contributed by atoms with Crippen LogP contribution in [0.3, 0.4) is 0 Å². The van der Waals surface area contributed by atoms with Crippen molar-refractivity contribution in [2.75, 3.05) is 11.9 Å². The van der Waals surface area contributed by atoms with Crippen molar-refractivity contribution in [3.63, 3.8) is 0 Å². The molecule has 4 nitrogen and oxygen atoms in total. The topological polar surface area (TPSA) is 75.4 Å². The molecule has 1 amide bonds. The van der Waals surface area contributed by atoms with E-state index in [1.807, 2.05) is 48.5 Å². The van der Waals surface area contributed by atoms with Crippen LogP contribution in [-0.4, -0.2) is 17.6 Å². The number of amides is 1. The Bertz CT molecular complexity index is 594. The number of rotatable bonds is 6. The minimum absolute atomic E-state index is 0.0641.